The van der Waals surface area contributed by atoms with E-state index in [4.69, 9.17) is 11.6 Å². The van der Waals surface area contributed by atoms with Crippen molar-refractivity contribution < 1.29 is 4.79 Å². The lowest BCUT2D eigenvalue weighted by atomic mass is 9.78. The fourth-order valence-corrected chi connectivity index (χ4v) is 3.48. The maximum atomic E-state index is 13.0. The van der Waals surface area contributed by atoms with Crippen molar-refractivity contribution in [3.05, 3.63) is 64.7 Å². The van der Waals surface area contributed by atoms with E-state index in [1.54, 1.807) is 0 Å². The van der Waals surface area contributed by atoms with Gasteiger partial charge in [-0.1, -0.05) is 60.8 Å². The Morgan fingerprint density at radius 1 is 1.09 bits per heavy atom. The number of nitrogens with one attached hydrogen (secondary N) is 1. The minimum atomic E-state index is -0.404. The number of benzene rings is 2. The number of rotatable bonds is 3. The van der Waals surface area contributed by atoms with Crippen LogP contribution in [0.4, 0.5) is 5.69 Å². The monoisotopic (exact) mass is 313 g/mol. The number of hydrogen-bond donors (Lipinski definition) is 1. The van der Waals surface area contributed by atoms with Crippen LogP contribution in [0.3, 0.4) is 0 Å². The fourth-order valence-electron chi connectivity index (χ4n) is 3.30. The van der Waals surface area contributed by atoms with E-state index in [9.17, 15) is 4.79 Å². The molecule has 22 heavy (non-hydrogen) atoms. The van der Waals surface area contributed by atoms with Crippen molar-refractivity contribution in [2.75, 3.05) is 5.32 Å². The summed E-state index contributed by atoms with van der Waals surface area (Å²) in [6.07, 6.45) is 4.00. The molecule has 1 N–H and O–H groups in total. The number of aryl methyl sites for hydroxylation is 1. The van der Waals surface area contributed by atoms with E-state index in [1.807, 2.05) is 43.3 Å². The Bertz CT molecular complexity index is 675. The van der Waals surface area contributed by atoms with Crippen molar-refractivity contribution in [2.45, 2.75) is 38.0 Å². The molecule has 0 aromatic heterocycles. The third-order valence-corrected chi connectivity index (χ3v) is 5.06. The van der Waals surface area contributed by atoms with Crippen molar-refractivity contribution in [3.63, 3.8) is 0 Å². The first-order chi connectivity index (χ1) is 10.6. The molecule has 0 aliphatic heterocycles. The molecule has 3 heteroatoms. The summed E-state index contributed by atoms with van der Waals surface area (Å²) in [7, 11) is 0. The van der Waals surface area contributed by atoms with Gasteiger partial charge >= 0.3 is 0 Å². The van der Waals surface area contributed by atoms with Gasteiger partial charge in [0.2, 0.25) is 5.91 Å². The van der Waals surface area contributed by atoms with E-state index in [-0.39, 0.29) is 5.91 Å². The van der Waals surface area contributed by atoms with Crippen LogP contribution < -0.4 is 5.32 Å². The Morgan fingerprint density at radius 2 is 1.77 bits per heavy atom. The zero-order chi connectivity index (χ0) is 15.6. The van der Waals surface area contributed by atoms with E-state index in [2.05, 4.69) is 17.4 Å². The van der Waals surface area contributed by atoms with Gasteiger partial charge in [0.05, 0.1) is 5.41 Å². The molecule has 1 amide bonds. The summed E-state index contributed by atoms with van der Waals surface area (Å²) in [6, 6.07) is 15.8. The molecule has 1 fully saturated rings. The van der Waals surface area contributed by atoms with Gasteiger partial charge in [0.15, 0.2) is 0 Å². The summed E-state index contributed by atoms with van der Waals surface area (Å²) in [5.74, 6) is 0.0797. The average Bonchev–Trinajstić information content (AvgIpc) is 3.03. The number of hydrogen-bond acceptors (Lipinski definition) is 1. The van der Waals surface area contributed by atoms with E-state index in [0.717, 1.165) is 42.5 Å². The Hall–Kier alpha value is -1.80. The van der Waals surface area contributed by atoms with Gasteiger partial charge in [-0.05, 0) is 43.0 Å². The van der Waals surface area contributed by atoms with Gasteiger partial charge in [-0.25, -0.2) is 0 Å². The molecule has 2 aromatic rings. The Labute approximate surface area is 136 Å². The zero-order valence-corrected chi connectivity index (χ0v) is 13.5. The van der Waals surface area contributed by atoms with Crippen LogP contribution in [0.2, 0.25) is 5.02 Å². The van der Waals surface area contributed by atoms with Gasteiger partial charge in [-0.3, -0.25) is 4.79 Å². The second-order valence-electron chi connectivity index (χ2n) is 6.07. The summed E-state index contributed by atoms with van der Waals surface area (Å²) in [5, 5.41) is 3.75. The van der Waals surface area contributed by atoms with Gasteiger partial charge < -0.3 is 5.32 Å². The number of carbonyl (C=O) groups excluding carboxylic acids is 1. The molecule has 2 aromatic carbocycles. The predicted octanol–water partition coefficient (Wildman–Crippen LogP) is 5.10. The van der Waals surface area contributed by atoms with E-state index in [0.29, 0.717) is 5.02 Å². The highest BCUT2D eigenvalue weighted by molar-refractivity contribution is 6.31. The van der Waals surface area contributed by atoms with Crippen molar-refractivity contribution in [1.82, 2.24) is 0 Å². The van der Waals surface area contributed by atoms with Crippen LogP contribution in [0.5, 0.6) is 0 Å². The van der Waals surface area contributed by atoms with Crippen LogP contribution in [0, 0.1) is 6.92 Å². The number of anilines is 1. The van der Waals surface area contributed by atoms with Crippen LogP contribution in [0.1, 0.15) is 36.8 Å². The molecule has 0 saturated heterocycles. The number of carbonyl (C=O) groups is 1. The number of halogens is 1. The van der Waals surface area contributed by atoms with Crippen LogP contribution in [0.25, 0.3) is 0 Å². The third-order valence-electron chi connectivity index (χ3n) is 4.65. The fraction of sp³-hybridized carbons (Fsp3) is 0.316. The highest BCUT2D eigenvalue weighted by atomic mass is 35.5. The first kappa shape index (κ1) is 15.1. The molecule has 3 rings (SSSR count). The SMILES string of the molecule is Cc1ccc(NC(=O)C2(c3ccccc3)CCCC2)cc1Cl. The van der Waals surface area contributed by atoms with E-state index in [1.165, 1.54) is 0 Å². The average molecular weight is 314 g/mol. The molecule has 2 nitrogen and oxygen atoms in total. The third kappa shape index (κ3) is 2.76. The Morgan fingerprint density at radius 3 is 2.41 bits per heavy atom. The van der Waals surface area contributed by atoms with Gasteiger partial charge in [-0.15, -0.1) is 0 Å². The largest absolute Gasteiger partial charge is 0.325 e. The Balaban J connectivity index is 1.89. The summed E-state index contributed by atoms with van der Waals surface area (Å²) in [6.45, 7) is 1.95. The number of amides is 1. The minimum Gasteiger partial charge on any atom is -0.325 e. The highest BCUT2D eigenvalue weighted by Crippen LogP contribution is 2.42. The molecule has 1 saturated carbocycles. The maximum absolute atomic E-state index is 13.0. The molecule has 0 unspecified atom stereocenters. The molecule has 0 heterocycles. The van der Waals surface area contributed by atoms with Crippen LogP contribution in [-0.2, 0) is 10.2 Å². The molecule has 0 atom stereocenters. The lowest BCUT2D eigenvalue weighted by molar-refractivity contribution is -0.121. The lowest BCUT2D eigenvalue weighted by Crippen LogP contribution is -2.37. The summed E-state index contributed by atoms with van der Waals surface area (Å²) >= 11 is 6.16. The standard InChI is InChI=1S/C19H20ClNO/c1-14-9-10-16(13-17(14)20)21-18(22)19(11-5-6-12-19)15-7-3-2-4-8-15/h2-4,7-10,13H,5-6,11-12H2,1H3,(H,21,22). The predicted molar refractivity (Wildman–Crippen MR) is 91.4 cm³/mol. The van der Waals surface area contributed by atoms with Crippen molar-refractivity contribution in [1.29, 1.82) is 0 Å². The maximum Gasteiger partial charge on any atom is 0.235 e. The van der Waals surface area contributed by atoms with Gasteiger partial charge in [0.25, 0.3) is 0 Å². The van der Waals surface area contributed by atoms with E-state index >= 15 is 0 Å². The molecule has 1 aliphatic rings. The van der Waals surface area contributed by atoms with Crippen molar-refractivity contribution >= 4 is 23.2 Å². The highest BCUT2D eigenvalue weighted by Gasteiger charge is 2.42. The molecule has 0 radical (unpaired) electrons. The van der Waals surface area contributed by atoms with Gasteiger partial charge in [0.1, 0.15) is 0 Å². The molecule has 1 aliphatic carbocycles. The van der Waals surface area contributed by atoms with Crippen molar-refractivity contribution in [2.24, 2.45) is 0 Å². The summed E-state index contributed by atoms with van der Waals surface area (Å²) in [4.78, 5) is 13.0. The smallest absolute Gasteiger partial charge is 0.235 e. The first-order valence-electron chi connectivity index (χ1n) is 7.75. The zero-order valence-electron chi connectivity index (χ0n) is 12.7. The topological polar surface area (TPSA) is 29.1 Å². The molecule has 114 valence electrons. The molecule has 0 spiro atoms. The van der Waals surface area contributed by atoms with E-state index < -0.39 is 5.41 Å². The van der Waals surface area contributed by atoms with Crippen LogP contribution in [0.15, 0.2) is 48.5 Å². The lowest BCUT2D eigenvalue weighted by Gasteiger charge is -2.28. The van der Waals surface area contributed by atoms with Crippen molar-refractivity contribution in [3.8, 4) is 0 Å². The molecular weight excluding hydrogens is 294 g/mol. The van der Waals surface area contributed by atoms with Crippen LogP contribution >= 0.6 is 11.6 Å². The normalized spacial score (nSPS) is 16.5. The minimum absolute atomic E-state index is 0.0797. The second-order valence-corrected chi connectivity index (χ2v) is 6.48. The quantitative estimate of drug-likeness (QED) is 0.839. The first-order valence-corrected chi connectivity index (χ1v) is 8.13. The van der Waals surface area contributed by atoms with Gasteiger partial charge in [-0.2, -0.15) is 0 Å². The Kier molecular flexibility index (Phi) is 4.21. The summed E-state index contributed by atoms with van der Waals surface area (Å²) in [5.41, 5.74) is 2.49. The molecular formula is C19H20ClNO. The van der Waals surface area contributed by atoms with Gasteiger partial charge in [0, 0.05) is 10.7 Å². The summed E-state index contributed by atoms with van der Waals surface area (Å²) < 4.78 is 0. The van der Waals surface area contributed by atoms with Crippen LogP contribution in [-0.4, -0.2) is 5.91 Å². The second kappa shape index (κ2) is 6.13. The molecule has 0 bridgehead atoms.